The second kappa shape index (κ2) is 5.51. The molecule has 0 spiro atoms. The third-order valence-corrected chi connectivity index (χ3v) is 3.69. The van der Waals surface area contributed by atoms with Gasteiger partial charge in [-0.2, -0.15) is 0 Å². The first-order valence-electron chi connectivity index (χ1n) is 5.76. The molecule has 0 unspecified atom stereocenters. The summed E-state index contributed by atoms with van der Waals surface area (Å²) in [6.45, 7) is 2.92. The van der Waals surface area contributed by atoms with E-state index in [2.05, 4.69) is 31.2 Å². The Morgan fingerprint density at radius 3 is 2.81 bits per heavy atom. The van der Waals surface area contributed by atoms with E-state index in [1.807, 2.05) is 18.2 Å². The Morgan fingerprint density at radius 1 is 1.31 bits per heavy atom. The monoisotopic (exact) mass is 236 g/mol. The van der Waals surface area contributed by atoms with Crippen molar-refractivity contribution in [3.05, 3.63) is 42.0 Å². The van der Waals surface area contributed by atoms with Crippen LogP contribution in [0.25, 0.3) is 6.08 Å². The van der Waals surface area contributed by atoms with Crippen LogP contribution in [0.4, 0.5) is 0 Å². The Balaban J connectivity index is 2.01. The highest BCUT2D eigenvalue weighted by Crippen LogP contribution is 2.26. The lowest BCUT2D eigenvalue weighted by Gasteiger charge is -2.30. The molecule has 0 aromatic heterocycles. The van der Waals surface area contributed by atoms with Gasteiger partial charge in [0, 0.05) is 17.9 Å². The van der Waals surface area contributed by atoms with Crippen molar-refractivity contribution in [1.29, 1.82) is 0 Å². The lowest BCUT2D eigenvalue weighted by atomic mass is 9.95. The van der Waals surface area contributed by atoms with Gasteiger partial charge in [-0.3, -0.25) is 0 Å². The maximum absolute atomic E-state index is 6.23. The Kier molecular flexibility index (Phi) is 4.03. The molecule has 1 saturated heterocycles. The highest BCUT2D eigenvalue weighted by atomic mass is 35.5. The number of benzene rings is 1. The van der Waals surface area contributed by atoms with Crippen LogP contribution in [-0.4, -0.2) is 18.1 Å². The fourth-order valence-electron chi connectivity index (χ4n) is 1.94. The summed E-state index contributed by atoms with van der Waals surface area (Å²) in [6.07, 6.45) is 5.33. The second-order valence-corrected chi connectivity index (χ2v) is 4.83. The molecule has 86 valence electrons. The summed E-state index contributed by atoms with van der Waals surface area (Å²) in [5.41, 5.74) is 1.20. The maximum atomic E-state index is 6.23. The summed E-state index contributed by atoms with van der Waals surface area (Å²) in [5, 5.41) is 0.235. The highest BCUT2D eigenvalue weighted by Gasteiger charge is 2.27. The minimum absolute atomic E-state index is 0.149. The molecule has 3 atom stereocenters. The zero-order valence-electron chi connectivity index (χ0n) is 9.47. The molecule has 0 radical (unpaired) electrons. The normalized spacial score (nSPS) is 30.8. The van der Waals surface area contributed by atoms with E-state index < -0.39 is 0 Å². The van der Waals surface area contributed by atoms with Gasteiger partial charge in [0.2, 0.25) is 0 Å². The largest absolute Gasteiger partial charge is 0.374 e. The van der Waals surface area contributed by atoms with E-state index in [4.69, 9.17) is 16.3 Å². The number of hydrogen-bond donors (Lipinski definition) is 0. The van der Waals surface area contributed by atoms with Crippen LogP contribution in [0.2, 0.25) is 0 Å². The summed E-state index contributed by atoms with van der Waals surface area (Å²) in [5.74, 6) is 0.385. The van der Waals surface area contributed by atoms with Gasteiger partial charge in [0.25, 0.3) is 0 Å². The first-order valence-corrected chi connectivity index (χ1v) is 6.20. The van der Waals surface area contributed by atoms with Gasteiger partial charge < -0.3 is 4.74 Å². The zero-order valence-corrected chi connectivity index (χ0v) is 10.2. The lowest BCUT2D eigenvalue weighted by molar-refractivity contribution is 0.0133. The first kappa shape index (κ1) is 11.7. The molecule has 2 rings (SSSR count). The fourth-order valence-corrected chi connectivity index (χ4v) is 2.17. The third kappa shape index (κ3) is 2.87. The Hall–Kier alpha value is -0.790. The van der Waals surface area contributed by atoms with E-state index in [-0.39, 0.29) is 11.5 Å². The molecular formula is C14H17ClO. The van der Waals surface area contributed by atoms with E-state index >= 15 is 0 Å². The molecule has 0 amide bonds. The topological polar surface area (TPSA) is 9.23 Å². The smallest absolute Gasteiger partial charge is 0.0798 e. The van der Waals surface area contributed by atoms with Crippen molar-refractivity contribution in [2.45, 2.75) is 24.8 Å². The van der Waals surface area contributed by atoms with Gasteiger partial charge in [0.05, 0.1) is 6.10 Å². The molecule has 0 aliphatic carbocycles. The average Bonchev–Trinajstić information content (AvgIpc) is 2.32. The van der Waals surface area contributed by atoms with Crippen LogP contribution < -0.4 is 0 Å². The molecule has 16 heavy (non-hydrogen) atoms. The van der Waals surface area contributed by atoms with Gasteiger partial charge in [-0.25, -0.2) is 0 Å². The van der Waals surface area contributed by atoms with Gasteiger partial charge in [0.15, 0.2) is 0 Å². The number of hydrogen-bond acceptors (Lipinski definition) is 1. The quantitative estimate of drug-likeness (QED) is 0.711. The van der Waals surface area contributed by atoms with Crippen LogP contribution in [0.5, 0.6) is 0 Å². The molecular weight excluding hydrogens is 220 g/mol. The predicted octanol–water partition coefficient (Wildman–Crippen LogP) is 3.73. The van der Waals surface area contributed by atoms with Gasteiger partial charge in [-0.1, -0.05) is 49.4 Å². The van der Waals surface area contributed by atoms with E-state index in [1.54, 1.807) is 0 Å². The standard InChI is InChI=1S/C14H17ClO/c1-11-13(15)9-10-16-14(11)8-7-12-5-3-2-4-6-12/h2-8,11,13-14H,9-10H2,1H3/b8-7+/t11-,13-,14-/m1/s1. The second-order valence-electron chi connectivity index (χ2n) is 4.27. The summed E-state index contributed by atoms with van der Waals surface area (Å²) < 4.78 is 5.71. The van der Waals surface area contributed by atoms with Crippen molar-refractivity contribution in [2.24, 2.45) is 5.92 Å². The van der Waals surface area contributed by atoms with Crippen LogP contribution in [0, 0.1) is 5.92 Å². The number of halogens is 1. The van der Waals surface area contributed by atoms with E-state index in [9.17, 15) is 0 Å². The van der Waals surface area contributed by atoms with Gasteiger partial charge in [-0.15, -0.1) is 11.6 Å². The number of ether oxygens (including phenoxy) is 1. The molecule has 1 aliphatic heterocycles. The van der Waals surface area contributed by atoms with Crippen molar-refractivity contribution < 1.29 is 4.74 Å². The molecule has 0 bridgehead atoms. The Morgan fingerprint density at radius 2 is 2.06 bits per heavy atom. The summed E-state index contributed by atoms with van der Waals surface area (Å²) in [4.78, 5) is 0. The number of alkyl halides is 1. The lowest BCUT2D eigenvalue weighted by Crippen LogP contribution is -2.33. The van der Waals surface area contributed by atoms with E-state index in [0.717, 1.165) is 13.0 Å². The van der Waals surface area contributed by atoms with Crippen LogP contribution in [0.1, 0.15) is 18.9 Å². The molecule has 1 aromatic rings. The molecule has 1 fully saturated rings. The number of rotatable bonds is 2. The molecule has 1 nitrogen and oxygen atoms in total. The van der Waals surface area contributed by atoms with Crippen molar-refractivity contribution in [1.82, 2.24) is 0 Å². The molecule has 1 aliphatic rings. The predicted molar refractivity (Wildman–Crippen MR) is 68.6 cm³/mol. The summed E-state index contributed by atoms with van der Waals surface area (Å²) >= 11 is 6.23. The zero-order chi connectivity index (χ0) is 11.4. The van der Waals surface area contributed by atoms with Crippen LogP contribution >= 0.6 is 11.6 Å². The molecule has 1 heterocycles. The Labute approximate surface area is 102 Å². The van der Waals surface area contributed by atoms with Crippen molar-refractivity contribution in [3.63, 3.8) is 0 Å². The summed E-state index contributed by atoms with van der Waals surface area (Å²) in [6, 6.07) is 10.3. The maximum Gasteiger partial charge on any atom is 0.0798 e. The van der Waals surface area contributed by atoms with Crippen molar-refractivity contribution in [2.75, 3.05) is 6.61 Å². The minimum atomic E-state index is 0.149. The van der Waals surface area contributed by atoms with E-state index in [0.29, 0.717) is 5.92 Å². The van der Waals surface area contributed by atoms with E-state index in [1.165, 1.54) is 5.56 Å². The van der Waals surface area contributed by atoms with Crippen LogP contribution in [0.3, 0.4) is 0 Å². The first-order chi connectivity index (χ1) is 7.77. The van der Waals surface area contributed by atoms with Gasteiger partial charge >= 0.3 is 0 Å². The molecule has 0 N–H and O–H groups in total. The van der Waals surface area contributed by atoms with Gasteiger partial charge in [-0.05, 0) is 12.0 Å². The Bertz CT molecular complexity index is 347. The van der Waals surface area contributed by atoms with Crippen molar-refractivity contribution in [3.8, 4) is 0 Å². The van der Waals surface area contributed by atoms with Gasteiger partial charge in [0.1, 0.15) is 0 Å². The third-order valence-electron chi connectivity index (χ3n) is 3.07. The average molecular weight is 237 g/mol. The van der Waals surface area contributed by atoms with Crippen molar-refractivity contribution >= 4 is 17.7 Å². The SMILES string of the molecule is C[C@@H]1[C@H](Cl)CCO[C@@H]1/C=C/c1ccccc1. The minimum Gasteiger partial charge on any atom is -0.374 e. The molecule has 0 saturated carbocycles. The molecule has 2 heteroatoms. The van der Waals surface area contributed by atoms with Crippen LogP contribution in [-0.2, 0) is 4.74 Å². The highest BCUT2D eigenvalue weighted by molar-refractivity contribution is 6.20. The summed E-state index contributed by atoms with van der Waals surface area (Å²) in [7, 11) is 0. The molecule has 1 aromatic carbocycles. The fraction of sp³-hybridized carbons (Fsp3) is 0.429. The van der Waals surface area contributed by atoms with Crippen LogP contribution in [0.15, 0.2) is 36.4 Å².